The maximum Gasteiger partial charge on any atom is 0.127 e. The monoisotopic (exact) mass is 217 g/mol. The number of nitrogens with one attached hydrogen (secondary N) is 1. The van der Waals surface area contributed by atoms with Crippen LogP contribution in [0.1, 0.15) is 5.56 Å². The largest absolute Gasteiger partial charge is 0.288 e. The molecule has 1 aromatic rings. The zero-order valence-corrected chi connectivity index (χ0v) is 8.68. The minimum absolute atomic E-state index is 0.252. The number of hydrazine groups is 1. The Morgan fingerprint density at radius 2 is 2.29 bits per heavy atom. The molecule has 0 radical (unpaired) electrons. The van der Waals surface area contributed by atoms with Gasteiger partial charge < -0.3 is 0 Å². The molecule has 0 heterocycles. The van der Waals surface area contributed by atoms with Crippen LogP contribution in [0.3, 0.4) is 0 Å². The fraction of sp³-hybridized carbons (Fsp3) is 0.333. The first kappa shape index (κ1) is 11.4. The van der Waals surface area contributed by atoms with Crippen LogP contribution >= 0.6 is 11.6 Å². The van der Waals surface area contributed by atoms with Crippen molar-refractivity contribution in [3.05, 3.63) is 34.6 Å². The summed E-state index contributed by atoms with van der Waals surface area (Å²) in [6, 6.07) is 4.51. The fourth-order valence-electron chi connectivity index (χ4n) is 1.17. The van der Waals surface area contributed by atoms with E-state index in [1.165, 1.54) is 12.1 Å². The summed E-state index contributed by atoms with van der Waals surface area (Å²) >= 11 is 5.75. The number of nitrogens with two attached hydrogens (primary N) is 1. The average molecular weight is 218 g/mol. The summed E-state index contributed by atoms with van der Waals surface area (Å²) in [7, 11) is 1.83. The summed E-state index contributed by atoms with van der Waals surface area (Å²) in [4.78, 5) is 1.84. The maximum atomic E-state index is 13.2. The Morgan fingerprint density at radius 1 is 1.57 bits per heavy atom. The van der Waals surface area contributed by atoms with Crippen LogP contribution < -0.4 is 11.3 Å². The SMILES string of the molecule is CN(CNN)Cc1cc(Cl)ccc1F. The van der Waals surface area contributed by atoms with Crippen molar-refractivity contribution in [3.63, 3.8) is 0 Å². The number of nitrogens with zero attached hydrogens (tertiary/aromatic N) is 1. The Labute approximate surface area is 87.6 Å². The van der Waals surface area contributed by atoms with E-state index in [-0.39, 0.29) is 5.82 Å². The van der Waals surface area contributed by atoms with Gasteiger partial charge in [-0.3, -0.25) is 10.7 Å². The second-order valence-electron chi connectivity index (χ2n) is 3.11. The van der Waals surface area contributed by atoms with E-state index >= 15 is 0 Å². The normalized spacial score (nSPS) is 10.9. The lowest BCUT2D eigenvalue weighted by molar-refractivity contribution is 0.297. The molecule has 0 saturated heterocycles. The number of halogens is 2. The van der Waals surface area contributed by atoms with E-state index in [2.05, 4.69) is 5.43 Å². The topological polar surface area (TPSA) is 41.3 Å². The van der Waals surface area contributed by atoms with Gasteiger partial charge in [0.15, 0.2) is 0 Å². The predicted octanol–water partition coefficient (Wildman–Crippen LogP) is 1.33. The van der Waals surface area contributed by atoms with Crippen molar-refractivity contribution < 1.29 is 4.39 Å². The first-order chi connectivity index (χ1) is 6.63. The highest BCUT2D eigenvalue weighted by molar-refractivity contribution is 6.30. The third kappa shape index (κ3) is 3.23. The molecule has 0 amide bonds. The van der Waals surface area contributed by atoms with Gasteiger partial charge in [-0.1, -0.05) is 11.6 Å². The van der Waals surface area contributed by atoms with Gasteiger partial charge in [-0.25, -0.2) is 9.82 Å². The highest BCUT2D eigenvalue weighted by Gasteiger charge is 2.05. The molecule has 3 N–H and O–H groups in total. The smallest absolute Gasteiger partial charge is 0.127 e. The molecule has 1 aromatic carbocycles. The molecule has 0 saturated carbocycles. The molecular formula is C9H13ClFN3. The zero-order valence-electron chi connectivity index (χ0n) is 7.93. The van der Waals surface area contributed by atoms with Gasteiger partial charge >= 0.3 is 0 Å². The number of hydrogen-bond donors (Lipinski definition) is 2. The van der Waals surface area contributed by atoms with Crippen LogP contribution in [0.4, 0.5) is 4.39 Å². The Kier molecular flexibility index (Phi) is 4.28. The standard InChI is InChI=1S/C9H13ClFN3/c1-14(6-13-12)5-7-4-8(10)2-3-9(7)11/h2-4,13H,5-6,12H2,1H3. The van der Waals surface area contributed by atoms with Crippen LogP contribution in [-0.2, 0) is 6.54 Å². The maximum absolute atomic E-state index is 13.2. The Hall–Kier alpha value is -0.680. The van der Waals surface area contributed by atoms with Crippen molar-refractivity contribution in [1.82, 2.24) is 10.3 Å². The summed E-state index contributed by atoms with van der Waals surface area (Å²) in [5.74, 6) is 4.89. The third-order valence-electron chi connectivity index (χ3n) is 1.81. The first-order valence-electron chi connectivity index (χ1n) is 4.19. The first-order valence-corrected chi connectivity index (χ1v) is 4.57. The number of benzene rings is 1. The van der Waals surface area contributed by atoms with Gasteiger partial charge in [-0.15, -0.1) is 0 Å². The lowest BCUT2D eigenvalue weighted by Gasteiger charge is -2.16. The van der Waals surface area contributed by atoms with Gasteiger partial charge in [-0.05, 0) is 25.2 Å². The molecule has 0 fully saturated rings. The molecule has 0 aliphatic heterocycles. The van der Waals surface area contributed by atoms with Gasteiger partial charge in [0.05, 0.1) is 6.67 Å². The van der Waals surface area contributed by atoms with Crippen LogP contribution in [0.25, 0.3) is 0 Å². The van der Waals surface area contributed by atoms with Crippen molar-refractivity contribution in [2.75, 3.05) is 13.7 Å². The predicted molar refractivity (Wildman–Crippen MR) is 55.1 cm³/mol. The fourth-order valence-corrected chi connectivity index (χ4v) is 1.36. The number of rotatable bonds is 4. The van der Waals surface area contributed by atoms with Crippen molar-refractivity contribution in [3.8, 4) is 0 Å². The molecule has 0 aliphatic carbocycles. The van der Waals surface area contributed by atoms with Crippen molar-refractivity contribution in [1.29, 1.82) is 0 Å². The van der Waals surface area contributed by atoms with Gasteiger partial charge in [0.2, 0.25) is 0 Å². The lowest BCUT2D eigenvalue weighted by atomic mass is 10.2. The van der Waals surface area contributed by atoms with Crippen LogP contribution in [-0.4, -0.2) is 18.6 Å². The molecule has 0 atom stereocenters. The second kappa shape index (κ2) is 5.26. The molecule has 0 bridgehead atoms. The number of hydrogen-bond acceptors (Lipinski definition) is 3. The molecule has 5 heteroatoms. The Balaban J connectivity index is 2.70. The zero-order chi connectivity index (χ0) is 10.6. The summed E-state index contributed by atoms with van der Waals surface area (Å²) in [5.41, 5.74) is 3.06. The van der Waals surface area contributed by atoms with E-state index in [9.17, 15) is 4.39 Å². The Morgan fingerprint density at radius 3 is 2.93 bits per heavy atom. The van der Waals surface area contributed by atoms with E-state index in [1.54, 1.807) is 6.07 Å². The minimum atomic E-state index is -0.252. The molecule has 0 aliphatic rings. The van der Waals surface area contributed by atoms with Crippen LogP contribution in [0.2, 0.25) is 5.02 Å². The van der Waals surface area contributed by atoms with Crippen molar-refractivity contribution >= 4 is 11.6 Å². The molecule has 78 valence electrons. The minimum Gasteiger partial charge on any atom is -0.288 e. The molecule has 1 rings (SSSR count). The molecule has 3 nitrogen and oxygen atoms in total. The van der Waals surface area contributed by atoms with E-state index in [0.29, 0.717) is 23.8 Å². The molecule has 0 unspecified atom stereocenters. The van der Waals surface area contributed by atoms with Crippen LogP contribution in [0.5, 0.6) is 0 Å². The molecular weight excluding hydrogens is 205 g/mol. The Bertz CT molecular complexity index is 306. The summed E-state index contributed by atoms with van der Waals surface area (Å²) in [6.45, 7) is 0.961. The molecule has 14 heavy (non-hydrogen) atoms. The average Bonchev–Trinajstić information content (AvgIpc) is 2.12. The molecule has 0 aromatic heterocycles. The summed E-state index contributed by atoms with van der Waals surface area (Å²) in [6.07, 6.45) is 0. The van der Waals surface area contributed by atoms with Gasteiger partial charge in [0.25, 0.3) is 0 Å². The molecule has 0 spiro atoms. The summed E-state index contributed by atoms with van der Waals surface area (Å²) in [5, 5.41) is 0.538. The lowest BCUT2D eigenvalue weighted by Crippen LogP contribution is -2.35. The second-order valence-corrected chi connectivity index (χ2v) is 3.55. The van der Waals surface area contributed by atoms with Crippen LogP contribution in [0, 0.1) is 5.82 Å². The van der Waals surface area contributed by atoms with E-state index in [4.69, 9.17) is 17.4 Å². The highest BCUT2D eigenvalue weighted by atomic mass is 35.5. The summed E-state index contributed by atoms with van der Waals surface area (Å²) < 4.78 is 13.2. The quantitative estimate of drug-likeness (QED) is 0.454. The van der Waals surface area contributed by atoms with E-state index in [1.807, 2.05) is 11.9 Å². The van der Waals surface area contributed by atoms with Gasteiger partial charge in [0.1, 0.15) is 5.82 Å². The van der Waals surface area contributed by atoms with Crippen molar-refractivity contribution in [2.24, 2.45) is 5.84 Å². The van der Waals surface area contributed by atoms with E-state index in [0.717, 1.165) is 0 Å². The third-order valence-corrected chi connectivity index (χ3v) is 2.04. The van der Waals surface area contributed by atoms with Gasteiger partial charge in [-0.2, -0.15) is 0 Å². The van der Waals surface area contributed by atoms with E-state index < -0.39 is 0 Å². The van der Waals surface area contributed by atoms with Crippen molar-refractivity contribution in [2.45, 2.75) is 6.54 Å². The highest BCUT2D eigenvalue weighted by Crippen LogP contribution is 2.15. The van der Waals surface area contributed by atoms with Gasteiger partial charge in [0, 0.05) is 17.1 Å². The van der Waals surface area contributed by atoms with Crippen LogP contribution in [0.15, 0.2) is 18.2 Å².